The maximum absolute atomic E-state index is 12.0. The van der Waals surface area contributed by atoms with Gasteiger partial charge in [-0.25, -0.2) is 4.98 Å². The number of nitrogens with one attached hydrogen (secondary N) is 1. The minimum atomic E-state index is -0.115. The predicted molar refractivity (Wildman–Crippen MR) is 77.6 cm³/mol. The van der Waals surface area contributed by atoms with Crippen LogP contribution in [0.3, 0.4) is 0 Å². The second kappa shape index (κ2) is 5.09. The summed E-state index contributed by atoms with van der Waals surface area (Å²) in [5.41, 5.74) is 0.590. The van der Waals surface area contributed by atoms with Gasteiger partial charge in [-0.15, -0.1) is 10.2 Å². The Balaban J connectivity index is 1.98. The number of hydrogen-bond donors (Lipinski definition) is 1. The van der Waals surface area contributed by atoms with Crippen molar-refractivity contribution < 1.29 is 0 Å². The fraction of sp³-hybridized carbons (Fsp3) is 0.231. The summed E-state index contributed by atoms with van der Waals surface area (Å²) in [6.07, 6.45) is 1.64. The summed E-state index contributed by atoms with van der Waals surface area (Å²) < 4.78 is 1.83. The number of fused-ring (bicyclic) bond motifs is 1. The lowest BCUT2D eigenvalue weighted by molar-refractivity contribution is 0.781. The molecule has 0 fully saturated rings. The largest absolute Gasteiger partial charge is 0.312 e. The van der Waals surface area contributed by atoms with Crippen LogP contribution in [0.5, 0.6) is 0 Å². The first-order valence-corrected chi connectivity index (χ1v) is 7.03. The van der Waals surface area contributed by atoms with Crippen molar-refractivity contribution in [2.24, 2.45) is 7.05 Å². The molecule has 3 aromatic rings. The Morgan fingerprint density at radius 3 is 2.90 bits per heavy atom. The van der Waals surface area contributed by atoms with Gasteiger partial charge < -0.3 is 9.55 Å². The molecule has 0 amide bonds. The van der Waals surface area contributed by atoms with E-state index in [0.29, 0.717) is 16.7 Å². The number of H-pyrrole nitrogens is 1. The highest BCUT2D eigenvalue weighted by Crippen LogP contribution is 2.31. The maximum atomic E-state index is 12.0. The first kappa shape index (κ1) is 12.9. The second-order valence-electron chi connectivity index (χ2n) is 4.45. The number of aryl methyl sites for hydroxylation is 1. The molecular weight excluding hydrogens is 274 g/mol. The summed E-state index contributed by atoms with van der Waals surface area (Å²) in [5, 5.41) is 9.23. The van der Waals surface area contributed by atoms with E-state index < -0.39 is 0 Å². The molecule has 3 rings (SSSR count). The van der Waals surface area contributed by atoms with Crippen LogP contribution in [0.2, 0.25) is 0 Å². The molecule has 20 heavy (non-hydrogen) atoms. The average molecular weight is 287 g/mol. The van der Waals surface area contributed by atoms with Crippen LogP contribution in [0.15, 0.2) is 40.5 Å². The SMILES string of the molecule is C[C@H](Sc1nncn1C)c1nc2ccccc2c(=O)[nH]1. The number of rotatable bonds is 3. The van der Waals surface area contributed by atoms with Crippen LogP contribution in [-0.4, -0.2) is 24.7 Å². The van der Waals surface area contributed by atoms with Crippen LogP contribution < -0.4 is 5.56 Å². The van der Waals surface area contributed by atoms with Gasteiger partial charge in [0.05, 0.1) is 16.2 Å². The van der Waals surface area contributed by atoms with Crippen molar-refractivity contribution in [2.75, 3.05) is 0 Å². The molecule has 0 saturated carbocycles. The zero-order valence-corrected chi connectivity index (χ0v) is 11.9. The molecule has 0 bridgehead atoms. The van der Waals surface area contributed by atoms with Crippen LogP contribution in [0, 0.1) is 0 Å². The van der Waals surface area contributed by atoms with E-state index in [0.717, 1.165) is 5.16 Å². The minimum absolute atomic E-state index is 0.0183. The fourth-order valence-corrected chi connectivity index (χ4v) is 2.74. The molecular formula is C13H13N5OS. The number of thioether (sulfide) groups is 1. The third kappa shape index (κ3) is 2.32. The number of nitrogens with zero attached hydrogens (tertiary/aromatic N) is 4. The summed E-state index contributed by atoms with van der Waals surface area (Å²) in [5.74, 6) is 0.640. The standard InChI is InChI=1S/C13H13N5OS/c1-8(20-13-17-14-7-18(13)2)11-15-10-6-4-3-5-9(10)12(19)16-11/h3-8H,1-2H3,(H,15,16,19)/t8-/m0/s1. The van der Waals surface area contributed by atoms with E-state index in [1.807, 2.05) is 36.7 Å². The molecule has 0 radical (unpaired) electrons. The fourth-order valence-electron chi connectivity index (χ4n) is 1.89. The van der Waals surface area contributed by atoms with Gasteiger partial charge in [0, 0.05) is 7.05 Å². The average Bonchev–Trinajstić information content (AvgIpc) is 2.84. The molecule has 102 valence electrons. The topological polar surface area (TPSA) is 76.5 Å². The van der Waals surface area contributed by atoms with Gasteiger partial charge >= 0.3 is 0 Å². The summed E-state index contributed by atoms with van der Waals surface area (Å²) in [6.45, 7) is 1.98. The van der Waals surface area contributed by atoms with Gasteiger partial charge in [-0.05, 0) is 19.1 Å². The molecule has 2 aromatic heterocycles. The zero-order valence-electron chi connectivity index (χ0n) is 11.1. The summed E-state index contributed by atoms with van der Waals surface area (Å²) in [6, 6.07) is 7.31. The molecule has 0 aliphatic carbocycles. The number of aromatic amines is 1. The van der Waals surface area contributed by atoms with Crippen LogP contribution in [0.1, 0.15) is 18.0 Å². The van der Waals surface area contributed by atoms with E-state index in [1.54, 1.807) is 12.4 Å². The number of para-hydroxylation sites is 1. The van der Waals surface area contributed by atoms with Crippen molar-refractivity contribution in [1.82, 2.24) is 24.7 Å². The Labute approximate surface area is 119 Å². The monoisotopic (exact) mass is 287 g/mol. The maximum Gasteiger partial charge on any atom is 0.258 e. The Hall–Kier alpha value is -2.15. The predicted octanol–water partition coefficient (Wildman–Crippen LogP) is 1.90. The van der Waals surface area contributed by atoms with E-state index in [-0.39, 0.29) is 10.8 Å². The van der Waals surface area contributed by atoms with E-state index >= 15 is 0 Å². The molecule has 0 spiro atoms. The molecule has 1 aromatic carbocycles. The summed E-state index contributed by atoms with van der Waals surface area (Å²) in [4.78, 5) is 19.4. The molecule has 0 saturated heterocycles. The lowest BCUT2D eigenvalue weighted by Crippen LogP contribution is -2.13. The van der Waals surface area contributed by atoms with Gasteiger partial charge in [0.1, 0.15) is 12.2 Å². The van der Waals surface area contributed by atoms with Crippen molar-refractivity contribution in [1.29, 1.82) is 0 Å². The normalized spacial score (nSPS) is 12.7. The van der Waals surface area contributed by atoms with Crippen LogP contribution in [-0.2, 0) is 7.05 Å². The minimum Gasteiger partial charge on any atom is -0.312 e. The Bertz CT molecular complexity index is 810. The highest BCUT2D eigenvalue weighted by Gasteiger charge is 2.14. The lowest BCUT2D eigenvalue weighted by Gasteiger charge is -2.10. The molecule has 1 atom stereocenters. The smallest absolute Gasteiger partial charge is 0.258 e. The Morgan fingerprint density at radius 1 is 1.35 bits per heavy atom. The zero-order chi connectivity index (χ0) is 14.1. The highest BCUT2D eigenvalue weighted by molar-refractivity contribution is 7.99. The van der Waals surface area contributed by atoms with Gasteiger partial charge in [0.2, 0.25) is 0 Å². The molecule has 6 nitrogen and oxygen atoms in total. The van der Waals surface area contributed by atoms with Gasteiger partial charge in [0.15, 0.2) is 5.16 Å². The van der Waals surface area contributed by atoms with E-state index in [2.05, 4.69) is 20.2 Å². The van der Waals surface area contributed by atoms with Gasteiger partial charge in [0.25, 0.3) is 5.56 Å². The Morgan fingerprint density at radius 2 is 2.15 bits per heavy atom. The molecule has 7 heteroatoms. The molecule has 0 aliphatic rings. The van der Waals surface area contributed by atoms with Crippen LogP contribution >= 0.6 is 11.8 Å². The van der Waals surface area contributed by atoms with Crippen molar-refractivity contribution in [3.63, 3.8) is 0 Å². The summed E-state index contributed by atoms with van der Waals surface area (Å²) in [7, 11) is 1.88. The second-order valence-corrected chi connectivity index (χ2v) is 5.76. The van der Waals surface area contributed by atoms with Crippen LogP contribution in [0.4, 0.5) is 0 Å². The summed E-state index contributed by atoms with van der Waals surface area (Å²) >= 11 is 1.50. The van der Waals surface area contributed by atoms with Crippen molar-refractivity contribution in [3.05, 3.63) is 46.8 Å². The quantitative estimate of drug-likeness (QED) is 0.745. The first-order chi connectivity index (χ1) is 9.65. The highest BCUT2D eigenvalue weighted by atomic mass is 32.2. The third-order valence-electron chi connectivity index (χ3n) is 2.97. The number of aromatic nitrogens is 5. The van der Waals surface area contributed by atoms with Gasteiger partial charge in [-0.2, -0.15) is 0 Å². The number of benzene rings is 1. The van der Waals surface area contributed by atoms with Crippen molar-refractivity contribution >= 4 is 22.7 Å². The van der Waals surface area contributed by atoms with E-state index in [9.17, 15) is 4.79 Å². The molecule has 1 N–H and O–H groups in total. The molecule has 2 heterocycles. The van der Waals surface area contributed by atoms with Gasteiger partial charge in [-0.3, -0.25) is 4.79 Å². The van der Waals surface area contributed by atoms with Crippen molar-refractivity contribution in [2.45, 2.75) is 17.3 Å². The number of hydrogen-bond acceptors (Lipinski definition) is 5. The van der Waals surface area contributed by atoms with E-state index in [1.165, 1.54) is 11.8 Å². The van der Waals surface area contributed by atoms with E-state index in [4.69, 9.17) is 0 Å². The first-order valence-electron chi connectivity index (χ1n) is 6.15. The van der Waals surface area contributed by atoms with Crippen molar-refractivity contribution in [3.8, 4) is 0 Å². The molecule has 0 aliphatic heterocycles. The van der Waals surface area contributed by atoms with Crippen LogP contribution in [0.25, 0.3) is 10.9 Å². The molecule has 0 unspecified atom stereocenters. The Kier molecular flexibility index (Phi) is 3.27. The van der Waals surface area contributed by atoms with Gasteiger partial charge in [-0.1, -0.05) is 23.9 Å². The third-order valence-corrected chi connectivity index (χ3v) is 4.13. The lowest BCUT2D eigenvalue weighted by atomic mass is 10.2.